The Kier molecular flexibility index (Phi) is 7.58. The Bertz CT molecular complexity index is 1080. The molecule has 0 fully saturated rings. The third-order valence-corrected chi connectivity index (χ3v) is 4.60. The van der Waals surface area contributed by atoms with Crippen molar-refractivity contribution < 1.29 is 23.9 Å². The number of nitrogens with one attached hydrogen (secondary N) is 3. The molecular weight excluding hydrogens is 412 g/mol. The van der Waals surface area contributed by atoms with Crippen molar-refractivity contribution in [3.05, 3.63) is 65.2 Å². The molecule has 0 aliphatic carbocycles. The average Bonchev–Trinajstić information content (AvgIpc) is 2.83. The van der Waals surface area contributed by atoms with Crippen LogP contribution in [0.15, 0.2) is 53.5 Å². The van der Waals surface area contributed by atoms with E-state index in [0.717, 1.165) is 25.2 Å². The monoisotopic (exact) mass is 436 g/mol. The number of ether oxygens (including phenoxy) is 2. The van der Waals surface area contributed by atoms with Crippen molar-refractivity contribution in [3.8, 4) is 0 Å². The van der Waals surface area contributed by atoms with Crippen molar-refractivity contribution in [3.63, 3.8) is 0 Å². The molecule has 1 heterocycles. The molecule has 166 valence electrons. The van der Waals surface area contributed by atoms with Crippen LogP contribution in [-0.4, -0.2) is 51.1 Å². The van der Waals surface area contributed by atoms with Crippen LogP contribution in [-0.2, 0) is 14.3 Å². The van der Waals surface area contributed by atoms with Crippen LogP contribution in [0.3, 0.4) is 0 Å². The molecule has 0 saturated carbocycles. The number of rotatable bonds is 6. The van der Waals surface area contributed by atoms with Gasteiger partial charge in [-0.15, -0.1) is 0 Å². The topological polar surface area (TPSA) is 118 Å². The van der Waals surface area contributed by atoms with Crippen molar-refractivity contribution in [2.75, 3.05) is 37.9 Å². The molecule has 0 saturated heterocycles. The Balaban J connectivity index is 1.77. The lowest BCUT2D eigenvalue weighted by Gasteiger charge is -2.16. The van der Waals surface area contributed by atoms with Gasteiger partial charge in [-0.25, -0.2) is 9.59 Å². The summed E-state index contributed by atoms with van der Waals surface area (Å²) in [6, 6.07) is 11.7. The Hall–Kier alpha value is -4.14. The molecule has 3 N–H and O–H groups in total. The highest BCUT2D eigenvalue weighted by Crippen LogP contribution is 2.20. The van der Waals surface area contributed by atoms with Crippen LogP contribution in [0.2, 0.25) is 0 Å². The standard InChI is InChI=1S/C23H24N4O5/c1-31-20(28)10-8-15-7-9-18(14-19(15)22(30)32-2)26-21(29)16-5-3-6-17(13-16)27-23-24-11-4-12-25-23/h3,5-10,13-14H,4,11-12H2,1-2H3,(H,26,29)(H2,24,25,27)/b10-8+. The van der Waals surface area contributed by atoms with E-state index in [1.165, 1.54) is 32.4 Å². The molecule has 2 aromatic carbocycles. The van der Waals surface area contributed by atoms with Gasteiger partial charge in [-0.1, -0.05) is 12.1 Å². The third kappa shape index (κ3) is 5.94. The van der Waals surface area contributed by atoms with Crippen molar-refractivity contribution in [2.24, 2.45) is 4.99 Å². The fourth-order valence-corrected chi connectivity index (χ4v) is 2.99. The van der Waals surface area contributed by atoms with Crippen LogP contribution in [0.4, 0.5) is 11.4 Å². The molecule has 0 aromatic heterocycles. The molecule has 0 unspecified atom stereocenters. The number of benzene rings is 2. The highest BCUT2D eigenvalue weighted by Gasteiger charge is 2.14. The maximum Gasteiger partial charge on any atom is 0.338 e. The van der Waals surface area contributed by atoms with Crippen LogP contribution in [0.5, 0.6) is 0 Å². The molecule has 9 heteroatoms. The normalized spacial score (nSPS) is 13.0. The molecule has 3 rings (SSSR count). The van der Waals surface area contributed by atoms with Gasteiger partial charge in [-0.05, 0) is 48.4 Å². The number of anilines is 2. The van der Waals surface area contributed by atoms with Gasteiger partial charge in [-0.2, -0.15) is 0 Å². The number of nitrogens with zero attached hydrogens (tertiary/aromatic N) is 1. The molecule has 0 radical (unpaired) electrons. The molecule has 1 aliphatic rings. The first kappa shape index (κ1) is 22.5. The number of hydrogen-bond donors (Lipinski definition) is 3. The van der Waals surface area contributed by atoms with E-state index in [4.69, 9.17) is 4.74 Å². The van der Waals surface area contributed by atoms with E-state index in [0.29, 0.717) is 22.8 Å². The molecule has 2 aromatic rings. The Labute approximate surface area is 185 Å². The first-order valence-corrected chi connectivity index (χ1v) is 9.95. The van der Waals surface area contributed by atoms with Crippen LogP contribution in [0.1, 0.15) is 32.7 Å². The summed E-state index contributed by atoms with van der Waals surface area (Å²) < 4.78 is 9.38. The van der Waals surface area contributed by atoms with Crippen molar-refractivity contribution in [1.29, 1.82) is 0 Å². The molecule has 1 aliphatic heterocycles. The SMILES string of the molecule is COC(=O)/C=C/c1ccc(NC(=O)c2cccc(NC3=NCCCN3)c2)cc1C(=O)OC. The number of methoxy groups -OCH3 is 2. The van der Waals surface area contributed by atoms with Gasteiger partial charge < -0.3 is 25.4 Å². The van der Waals surface area contributed by atoms with E-state index < -0.39 is 11.9 Å². The average molecular weight is 436 g/mol. The van der Waals surface area contributed by atoms with Gasteiger partial charge in [0.2, 0.25) is 0 Å². The smallest absolute Gasteiger partial charge is 0.338 e. The van der Waals surface area contributed by atoms with Gasteiger partial charge in [-0.3, -0.25) is 9.79 Å². The van der Waals surface area contributed by atoms with Gasteiger partial charge in [0.05, 0.1) is 19.8 Å². The Morgan fingerprint density at radius 1 is 1.06 bits per heavy atom. The van der Waals surface area contributed by atoms with Crippen molar-refractivity contribution >= 4 is 41.3 Å². The van der Waals surface area contributed by atoms with Crippen molar-refractivity contribution in [1.82, 2.24) is 5.32 Å². The van der Waals surface area contributed by atoms with Crippen LogP contribution in [0, 0.1) is 0 Å². The molecule has 9 nitrogen and oxygen atoms in total. The number of aliphatic imine (C=N–C) groups is 1. The van der Waals surface area contributed by atoms with Crippen LogP contribution >= 0.6 is 0 Å². The number of guanidine groups is 1. The number of hydrogen-bond acceptors (Lipinski definition) is 8. The fraction of sp³-hybridized carbons (Fsp3) is 0.217. The first-order chi connectivity index (χ1) is 15.5. The summed E-state index contributed by atoms with van der Waals surface area (Å²) in [4.78, 5) is 40.7. The Morgan fingerprint density at radius 2 is 1.91 bits per heavy atom. The molecule has 0 spiro atoms. The summed E-state index contributed by atoms with van der Waals surface area (Å²) in [6.45, 7) is 1.60. The zero-order chi connectivity index (χ0) is 22.9. The maximum absolute atomic E-state index is 12.8. The first-order valence-electron chi connectivity index (χ1n) is 9.95. The summed E-state index contributed by atoms with van der Waals surface area (Å²) in [5.41, 5.74) is 2.21. The lowest BCUT2D eigenvalue weighted by atomic mass is 10.1. The summed E-state index contributed by atoms with van der Waals surface area (Å²) in [6.07, 6.45) is 3.63. The summed E-state index contributed by atoms with van der Waals surface area (Å²) >= 11 is 0. The van der Waals surface area contributed by atoms with E-state index in [9.17, 15) is 14.4 Å². The Morgan fingerprint density at radius 3 is 2.62 bits per heavy atom. The minimum absolute atomic E-state index is 0.197. The van der Waals surface area contributed by atoms with Crippen LogP contribution in [0.25, 0.3) is 6.08 Å². The van der Waals surface area contributed by atoms with E-state index in [1.54, 1.807) is 30.3 Å². The lowest BCUT2D eigenvalue weighted by Crippen LogP contribution is -2.35. The van der Waals surface area contributed by atoms with E-state index >= 15 is 0 Å². The molecule has 32 heavy (non-hydrogen) atoms. The predicted molar refractivity (Wildman–Crippen MR) is 122 cm³/mol. The van der Waals surface area contributed by atoms with E-state index in [1.807, 2.05) is 6.07 Å². The highest BCUT2D eigenvalue weighted by molar-refractivity contribution is 6.06. The van der Waals surface area contributed by atoms with Gasteiger partial charge in [0.25, 0.3) is 5.91 Å². The zero-order valence-corrected chi connectivity index (χ0v) is 17.8. The number of amides is 1. The largest absolute Gasteiger partial charge is 0.466 e. The van der Waals surface area contributed by atoms with Gasteiger partial charge in [0.15, 0.2) is 5.96 Å². The number of esters is 2. The van der Waals surface area contributed by atoms with E-state index in [2.05, 4.69) is 25.7 Å². The minimum atomic E-state index is -0.599. The van der Waals surface area contributed by atoms with Gasteiger partial charge in [0.1, 0.15) is 0 Å². The summed E-state index contributed by atoms with van der Waals surface area (Å²) in [5.74, 6) is -0.827. The molecule has 0 atom stereocenters. The quantitative estimate of drug-likeness (QED) is 0.471. The van der Waals surface area contributed by atoms with Gasteiger partial charge >= 0.3 is 11.9 Å². The number of carbonyl (C=O) groups excluding carboxylic acids is 3. The summed E-state index contributed by atoms with van der Waals surface area (Å²) in [7, 11) is 2.52. The fourth-order valence-electron chi connectivity index (χ4n) is 2.99. The molecule has 0 bridgehead atoms. The lowest BCUT2D eigenvalue weighted by molar-refractivity contribution is -0.134. The minimum Gasteiger partial charge on any atom is -0.466 e. The highest BCUT2D eigenvalue weighted by atomic mass is 16.5. The van der Waals surface area contributed by atoms with E-state index in [-0.39, 0.29) is 11.5 Å². The predicted octanol–water partition coefficient (Wildman–Crippen LogP) is 2.67. The van der Waals surface area contributed by atoms with Crippen LogP contribution < -0.4 is 16.0 Å². The zero-order valence-electron chi connectivity index (χ0n) is 17.8. The third-order valence-electron chi connectivity index (χ3n) is 4.60. The second kappa shape index (κ2) is 10.8. The summed E-state index contributed by atoms with van der Waals surface area (Å²) in [5, 5.41) is 9.10. The van der Waals surface area contributed by atoms with Crippen molar-refractivity contribution in [2.45, 2.75) is 6.42 Å². The second-order valence-electron chi connectivity index (χ2n) is 6.82. The second-order valence-corrected chi connectivity index (χ2v) is 6.82. The molecule has 1 amide bonds. The maximum atomic E-state index is 12.8. The van der Waals surface area contributed by atoms with Gasteiger partial charge in [0, 0.05) is 36.1 Å². The number of carbonyl (C=O) groups is 3. The molecular formula is C23H24N4O5.